The van der Waals surface area contributed by atoms with E-state index in [0.29, 0.717) is 16.9 Å². The van der Waals surface area contributed by atoms with Crippen molar-refractivity contribution in [2.24, 2.45) is 0 Å². The first-order valence-corrected chi connectivity index (χ1v) is 9.85. The molecule has 158 valence electrons. The van der Waals surface area contributed by atoms with Gasteiger partial charge in [-0.25, -0.2) is 4.98 Å². The lowest BCUT2D eigenvalue weighted by molar-refractivity contribution is 0.102. The quantitative estimate of drug-likeness (QED) is 0.497. The molecule has 9 nitrogen and oxygen atoms in total. The molecule has 0 aliphatic carbocycles. The molecular formula is C23H20N8O. The minimum atomic E-state index is -0.727. The van der Waals surface area contributed by atoms with Crippen molar-refractivity contribution in [2.75, 3.05) is 17.7 Å². The van der Waals surface area contributed by atoms with Gasteiger partial charge in [0, 0.05) is 42.7 Å². The van der Waals surface area contributed by atoms with Gasteiger partial charge in [0.25, 0.3) is 5.91 Å². The zero-order valence-electron chi connectivity index (χ0n) is 17.8. The van der Waals surface area contributed by atoms with Crippen molar-refractivity contribution < 1.29 is 4.79 Å². The molecule has 0 aliphatic rings. The number of hydrogen-bond donors (Lipinski definition) is 2. The van der Waals surface area contributed by atoms with Crippen molar-refractivity contribution in [3.05, 3.63) is 66.4 Å². The number of nitrogens with zero attached hydrogens (tertiary/aromatic N) is 6. The summed E-state index contributed by atoms with van der Waals surface area (Å²) in [5, 5.41) is 24.1. The van der Waals surface area contributed by atoms with E-state index in [1.54, 1.807) is 51.5 Å². The highest BCUT2D eigenvalue weighted by atomic mass is 16.1. The SMILES string of the molecule is CNc1cc2ncc(-c3cc(NC(=O)c4cc(C(C)(C)C#N)ccn4)cnn3)cc2cn1. The third-order valence-corrected chi connectivity index (χ3v) is 5.02. The second kappa shape index (κ2) is 8.35. The molecule has 32 heavy (non-hydrogen) atoms. The van der Waals surface area contributed by atoms with Crippen LogP contribution in [0.1, 0.15) is 29.9 Å². The Balaban J connectivity index is 1.59. The summed E-state index contributed by atoms with van der Waals surface area (Å²) >= 11 is 0. The molecule has 0 fully saturated rings. The topological polar surface area (TPSA) is 129 Å². The van der Waals surface area contributed by atoms with Crippen molar-refractivity contribution in [3.63, 3.8) is 0 Å². The molecule has 0 saturated heterocycles. The van der Waals surface area contributed by atoms with Crippen LogP contribution in [0.2, 0.25) is 0 Å². The lowest BCUT2D eigenvalue weighted by atomic mass is 9.86. The molecule has 0 atom stereocenters. The van der Waals surface area contributed by atoms with E-state index in [4.69, 9.17) is 0 Å². The van der Waals surface area contributed by atoms with Gasteiger partial charge < -0.3 is 10.6 Å². The molecule has 4 rings (SSSR count). The number of carbonyl (C=O) groups is 1. The smallest absolute Gasteiger partial charge is 0.274 e. The van der Waals surface area contributed by atoms with E-state index in [0.717, 1.165) is 22.3 Å². The van der Waals surface area contributed by atoms with Crippen molar-refractivity contribution in [1.82, 2.24) is 25.1 Å². The Kier molecular flexibility index (Phi) is 5.43. The first-order chi connectivity index (χ1) is 15.4. The summed E-state index contributed by atoms with van der Waals surface area (Å²) < 4.78 is 0. The van der Waals surface area contributed by atoms with Crippen molar-refractivity contribution in [3.8, 4) is 17.3 Å². The summed E-state index contributed by atoms with van der Waals surface area (Å²) in [6, 6.07) is 11.1. The van der Waals surface area contributed by atoms with Gasteiger partial charge >= 0.3 is 0 Å². The fourth-order valence-corrected chi connectivity index (χ4v) is 3.08. The maximum absolute atomic E-state index is 12.7. The van der Waals surface area contributed by atoms with Gasteiger partial charge in [0.05, 0.1) is 34.6 Å². The van der Waals surface area contributed by atoms with Crippen LogP contribution in [-0.4, -0.2) is 38.1 Å². The summed E-state index contributed by atoms with van der Waals surface area (Å²) in [5.41, 5.74) is 2.77. The summed E-state index contributed by atoms with van der Waals surface area (Å²) in [4.78, 5) is 25.6. The number of aromatic nitrogens is 5. The summed E-state index contributed by atoms with van der Waals surface area (Å²) in [6.45, 7) is 3.57. The molecule has 0 saturated carbocycles. The summed E-state index contributed by atoms with van der Waals surface area (Å²) in [6.07, 6.45) is 6.41. The molecule has 4 aromatic rings. The lowest BCUT2D eigenvalue weighted by Gasteiger charge is -2.16. The van der Waals surface area contributed by atoms with Crippen molar-refractivity contribution >= 4 is 28.3 Å². The molecule has 2 N–H and O–H groups in total. The van der Waals surface area contributed by atoms with E-state index >= 15 is 0 Å². The predicted molar refractivity (Wildman–Crippen MR) is 121 cm³/mol. The van der Waals surface area contributed by atoms with Gasteiger partial charge in [-0.05, 0) is 43.7 Å². The van der Waals surface area contributed by atoms with Crippen LogP contribution in [0.25, 0.3) is 22.2 Å². The number of fused-ring (bicyclic) bond motifs is 1. The Labute approximate surface area is 184 Å². The molecule has 0 bridgehead atoms. The molecule has 0 aromatic carbocycles. The first-order valence-electron chi connectivity index (χ1n) is 9.85. The maximum Gasteiger partial charge on any atom is 0.274 e. The average molecular weight is 424 g/mol. The molecule has 4 heterocycles. The number of amides is 1. The Bertz CT molecular complexity index is 1360. The fraction of sp³-hybridized carbons (Fsp3) is 0.174. The monoisotopic (exact) mass is 424 g/mol. The van der Waals surface area contributed by atoms with Crippen LogP contribution in [0.15, 0.2) is 55.1 Å². The molecule has 0 radical (unpaired) electrons. The number of nitriles is 1. The molecule has 1 amide bonds. The predicted octanol–water partition coefficient (Wildman–Crippen LogP) is 3.58. The van der Waals surface area contributed by atoms with Crippen LogP contribution in [0, 0.1) is 11.3 Å². The summed E-state index contributed by atoms with van der Waals surface area (Å²) in [5.74, 6) is 0.332. The number of rotatable bonds is 5. The summed E-state index contributed by atoms with van der Waals surface area (Å²) in [7, 11) is 1.80. The zero-order valence-corrected chi connectivity index (χ0v) is 17.8. The van der Waals surface area contributed by atoms with E-state index in [1.165, 1.54) is 12.4 Å². The second-order valence-electron chi connectivity index (χ2n) is 7.69. The second-order valence-corrected chi connectivity index (χ2v) is 7.69. The Morgan fingerprint density at radius 1 is 1.06 bits per heavy atom. The average Bonchev–Trinajstić information content (AvgIpc) is 2.83. The minimum absolute atomic E-state index is 0.211. The highest BCUT2D eigenvalue weighted by Gasteiger charge is 2.21. The normalized spacial score (nSPS) is 11.1. The molecule has 0 aliphatic heterocycles. The van der Waals surface area contributed by atoms with E-state index in [9.17, 15) is 10.1 Å². The number of nitrogens with one attached hydrogen (secondary N) is 2. The van der Waals surface area contributed by atoms with Crippen molar-refractivity contribution in [1.29, 1.82) is 5.26 Å². The number of carbonyl (C=O) groups excluding carboxylic acids is 1. The number of pyridine rings is 3. The third-order valence-electron chi connectivity index (χ3n) is 5.02. The van der Waals surface area contributed by atoms with Gasteiger partial charge in [-0.1, -0.05) is 0 Å². The van der Waals surface area contributed by atoms with Gasteiger partial charge in [0.2, 0.25) is 0 Å². The van der Waals surface area contributed by atoms with Crippen LogP contribution >= 0.6 is 0 Å². The number of hydrogen-bond acceptors (Lipinski definition) is 8. The van der Waals surface area contributed by atoms with Crippen molar-refractivity contribution in [2.45, 2.75) is 19.3 Å². The van der Waals surface area contributed by atoms with E-state index in [-0.39, 0.29) is 5.69 Å². The largest absolute Gasteiger partial charge is 0.373 e. The van der Waals surface area contributed by atoms with Gasteiger partial charge in [0.1, 0.15) is 11.5 Å². The molecule has 0 spiro atoms. The fourth-order valence-electron chi connectivity index (χ4n) is 3.08. The van der Waals surface area contributed by atoms with Gasteiger partial charge in [0.15, 0.2) is 0 Å². The highest BCUT2D eigenvalue weighted by molar-refractivity contribution is 6.03. The molecule has 4 aromatic heterocycles. The maximum atomic E-state index is 12.7. The Morgan fingerprint density at radius 2 is 1.91 bits per heavy atom. The van der Waals surface area contributed by atoms with E-state index < -0.39 is 11.3 Å². The minimum Gasteiger partial charge on any atom is -0.373 e. The zero-order chi connectivity index (χ0) is 22.7. The number of anilines is 2. The highest BCUT2D eigenvalue weighted by Crippen LogP contribution is 2.24. The standard InChI is InChI=1S/C23H20N8O/c1-23(2,13-24)16-4-5-26-20(7-16)22(32)30-17-8-19(31-29-12-17)15-6-14-11-28-21(25-3)9-18(14)27-10-15/h4-12H,1-3H3,(H,25,28)(H,30,31,32). The molecular weight excluding hydrogens is 404 g/mol. The Morgan fingerprint density at radius 3 is 2.69 bits per heavy atom. The Hall–Kier alpha value is -4.45. The van der Waals surface area contributed by atoms with Gasteiger partial charge in [-0.15, -0.1) is 0 Å². The van der Waals surface area contributed by atoms with Crippen LogP contribution < -0.4 is 10.6 Å². The van der Waals surface area contributed by atoms with E-state index in [1.807, 2.05) is 12.1 Å². The molecule has 9 heteroatoms. The van der Waals surface area contributed by atoms with Crippen LogP contribution in [0.3, 0.4) is 0 Å². The van der Waals surface area contributed by atoms with Gasteiger partial charge in [-0.2, -0.15) is 15.5 Å². The van der Waals surface area contributed by atoms with Crippen LogP contribution in [0.4, 0.5) is 11.5 Å². The van der Waals surface area contributed by atoms with E-state index in [2.05, 4.69) is 41.9 Å². The molecule has 0 unspecified atom stereocenters. The van der Waals surface area contributed by atoms with Gasteiger partial charge in [-0.3, -0.25) is 14.8 Å². The lowest BCUT2D eigenvalue weighted by Crippen LogP contribution is -2.18. The first kappa shape index (κ1) is 20.8. The van der Waals surface area contributed by atoms with Crippen LogP contribution in [0.5, 0.6) is 0 Å². The van der Waals surface area contributed by atoms with Crippen LogP contribution in [-0.2, 0) is 5.41 Å². The third kappa shape index (κ3) is 4.20.